The lowest BCUT2D eigenvalue weighted by atomic mass is 10.1. The molecule has 0 fully saturated rings. The van der Waals surface area contributed by atoms with Crippen molar-refractivity contribution in [2.75, 3.05) is 24.4 Å². The van der Waals surface area contributed by atoms with E-state index in [1.54, 1.807) is 6.07 Å². The van der Waals surface area contributed by atoms with Crippen LogP contribution in [0.15, 0.2) is 66.2 Å². The van der Waals surface area contributed by atoms with Gasteiger partial charge in [-0.1, -0.05) is 23.7 Å². The number of nitrogens with one attached hydrogen (secondary N) is 2. The summed E-state index contributed by atoms with van der Waals surface area (Å²) in [5, 5.41) is 14.8. The molecule has 0 unspecified atom stereocenters. The van der Waals surface area contributed by atoms with E-state index >= 15 is 0 Å². The molecule has 0 aliphatic rings. The number of aryl methyl sites for hydroxylation is 1. The van der Waals surface area contributed by atoms with Crippen LogP contribution in [-0.2, 0) is 9.59 Å². The maximum absolute atomic E-state index is 13.1. The summed E-state index contributed by atoms with van der Waals surface area (Å²) in [7, 11) is 1.39. The fourth-order valence-corrected chi connectivity index (χ4v) is 3.34. The molecule has 178 valence electrons. The summed E-state index contributed by atoms with van der Waals surface area (Å²) in [4.78, 5) is 24.7. The van der Waals surface area contributed by atoms with Crippen LogP contribution in [0.1, 0.15) is 11.1 Å². The van der Waals surface area contributed by atoms with Gasteiger partial charge in [0.15, 0.2) is 18.1 Å². The summed E-state index contributed by atoms with van der Waals surface area (Å²) in [6, 6.07) is 17.3. The predicted octanol–water partition coefficient (Wildman–Crippen LogP) is 5.36. The van der Waals surface area contributed by atoms with Crippen molar-refractivity contribution >= 4 is 40.9 Å². The SMILES string of the molecule is COc1cc(/C=C(\C#N)C(=O)Nc2ccc(F)cc2)cc(Cl)c1OCC(=O)Nc1cccc(C)c1. The largest absolute Gasteiger partial charge is 0.493 e. The monoisotopic (exact) mass is 493 g/mol. The first-order valence-electron chi connectivity index (χ1n) is 10.3. The zero-order valence-electron chi connectivity index (χ0n) is 18.9. The van der Waals surface area contributed by atoms with Crippen molar-refractivity contribution in [3.8, 4) is 17.6 Å². The Morgan fingerprint density at radius 3 is 2.49 bits per heavy atom. The maximum atomic E-state index is 13.1. The minimum absolute atomic E-state index is 0.121. The Kier molecular flexibility index (Phi) is 8.43. The third kappa shape index (κ3) is 7.06. The third-order valence-electron chi connectivity index (χ3n) is 4.68. The van der Waals surface area contributed by atoms with E-state index in [9.17, 15) is 19.2 Å². The number of methoxy groups -OCH3 is 1. The summed E-state index contributed by atoms with van der Waals surface area (Å²) in [6.07, 6.45) is 1.32. The number of hydrogen-bond donors (Lipinski definition) is 2. The highest BCUT2D eigenvalue weighted by atomic mass is 35.5. The minimum atomic E-state index is -0.678. The molecule has 0 saturated heterocycles. The summed E-state index contributed by atoms with van der Waals surface area (Å²) in [5.41, 5.74) is 2.16. The Morgan fingerprint density at radius 2 is 1.83 bits per heavy atom. The molecule has 35 heavy (non-hydrogen) atoms. The molecule has 2 amide bonds. The first kappa shape index (κ1) is 25.3. The van der Waals surface area contributed by atoms with Gasteiger partial charge in [-0.3, -0.25) is 9.59 Å². The Balaban J connectivity index is 1.73. The number of ether oxygens (including phenoxy) is 2. The van der Waals surface area contributed by atoms with Gasteiger partial charge in [0.2, 0.25) is 0 Å². The van der Waals surface area contributed by atoms with E-state index in [0.29, 0.717) is 16.9 Å². The summed E-state index contributed by atoms with van der Waals surface area (Å²) in [5.74, 6) is -1.16. The van der Waals surface area contributed by atoms with E-state index in [1.807, 2.05) is 31.2 Å². The number of carbonyl (C=O) groups excluding carboxylic acids is 2. The predicted molar refractivity (Wildman–Crippen MR) is 132 cm³/mol. The van der Waals surface area contributed by atoms with Crippen molar-refractivity contribution in [1.82, 2.24) is 0 Å². The Hall–Kier alpha value is -4.35. The number of nitrogens with zero attached hydrogens (tertiary/aromatic N) is 1. The minimum Gasteiger partial charge on any atom is -0.493 e. The number of nitriles is 1. The first-order chi connectivity index (χ1) is 16.8. The number of hydrogen-bond acceptors (Lipinski definition) is 5. The summed E-state index contributed by atoms with van der Waals surface area (Å²) in [6.45, 7) is 1.60. The van der Waals surface area contributed by atoms with Gasteiger partial charge < -0.3 is 20.1 Å². The zero-order chi connectivity index (χ0) is 25.4. The lowest BCUT2D eigenvalue weighted by molar-refractivity contribution is -0.118. The molecule has 3 aromatic rings. The molecule has 0 aromatic heterocycles. The Bertz CT molecular complexity index is 1320. The van der Waals surface area contributed by atoms with Crippen LogP contribution in [-0.4, -0.2) is 25.5 Å². The van der Waals surface area contributed by atoms with Gasteiger partial charge in [0.1, 0.15) is 17.5 Å². The highest BCUT2D eigenvalue weighted by Crippen LogP contribution is 2.37. The van der Waals surface area contributed by atoms with Gasteiger partial charge in [-0.25, -0.2) is 4.39 Å². The van der Waals surface area contributed by atoms with Crippen molar-refractivity contribution in [1.29, 1.82) is 5.26 Å². The average Bonchev–Trinajstić information content (AvgIpc) is 2.82. The van der Waals surface area contributed by atoms with Crippen LogP contribution in [0.3, 0.4) is 0 Å². The second-order valence-corrected chi connectivity index (χ2v) is 7.78. The molecule has 0 bridgehead atoms. The van der Waals surface area contributed by atoms with Crippen molar-refractivity contribution < 1.29 is 23.5 Å². The van der Waals surface area contributed by atoms with E-state index in [1.165, 1.54) is 49.6 Å². The zero-order valence-corrected chi connectivity index (χ0v) is 19.7. The van der Waals surface area contributed by atoms with Crippen molar-refractivity contribution in [3.63, 3.8) is 0 Å². The number of rotatable bonds is 8. The van der Waals surface area contributed by atoms with E-state index in [0.717, 1.165) is 5.56 Å². The molecule has 0 saturated carbocycles. The van der Waals surface area contributed by atoms with Crippen LogP contribution in [0, 0.1) is 24.1 Å². The lowest BCUT2D eigenvalue weighted by Crippen LogP contribution is -2.20. The molecule has 0 aliphatic carbocycles. The Morgan fingerprint density at radius 1 is 1.09 bits per heavy atom. The molecule has 2 N–H and O–H groups in total. The van der Waals surface area contributed by atoms with E-state index in [4.69, 9.17) is 21.1 Å². The number of amides is 2. The molecule has 0 spiro atoms. The van der Waals surface area contributed by atoms with E-state index in [-0.39, 0.29) is 34.6 Å². The molecule has 7 nitrogen and oxygen atoms in total. The maximum Gasteiger partial charge on any atom is 0.266 e. The highest BCUT2D eigenvalue weighted by Gasteiger charge is 2.16. The smallest absolute Gasteiger partial charge is 0.266 e. The van der Waals surface area contributed by atoms with Crippen LogP contribution in [0.2, 0.25) is 5.02 Å². The fourth-order valence-electron chi connectivity index (χ4n) is 3.07. The molecular formula is C26H21ClFN3O4. The molecule has 3 aromatic carbocycles. The van der Waals surface area contributed by atoms with Crippen LogP contribution < -0.4 is 20.1 Å². The molecule has 3 rings (SSSR count). The van der Waals surface area contributed by atoms with Gasteiger partial charge in [-0.05, 0) is 72.7 Å². The standard InChI is InChI=1S/C26H21ClFN3O4/c1-16-4-3-5-21(10-16)30-24(32)15-35-25-22(27)12-17(13-23(25)34-2)11-18(14-29)26(33)31-20-8-6-19(28)7-9-20/h3-13H,15H2,1-2H3,(H,30,32)(H,31,33)/b18-11+. The van der Waals surface area contributed by atoms with Crippen molar-refractivity contribution in [2.24, 2.45) is 0 Å². The molecule has 0 heterocycles. The topological polar surface area (TPSA) is 100 Å². The second-order valence-electron chi connectivity index (χ2n) is 7.37. The van der Waals surface area contributed by atoms with Gasteiger partial charge >= 0.3 is 0 Å². The van der Waals surface area contributed by atoms with Crippen LogP contribution in [0.25, 0.3) is 6.08 Å². The fraction of sp³-hybridized carbons (Fsp3) is 0.115. The average molecular weight is 494 g/mol. The van der Waals surface area contributed by atoms with Gasteiger partial charge in [0, 0.05) is 11.4 Å². The molecular weight excluding hydrogens is 473 g/mol. The molecule has 0 atom stereocenters. The normalized spacial score (nSPS) is 10.8. The second kappa shape index (κ2) is 11.7. The number of anilines is 2. The Labute approximate surface area is 206 Å². The van der Waals surface area contributed by atoms with E-state index in [2.05, 4.69) is 10.6 Å². The first-order valence-corrected chi connectivity index (χ1v) is 10.7. The van der Waals surface area contributed by atoms with Crippen molar-refractivity contribution in [2.45, 2.75) is 6.92 Å². The molecule has 9 heteroatoms. The van der Waals surface area contributed by atoms with Gasteiger partial charge in [-0.2, -0.15) is 5.26 Å². The van der Waals surface area contributed by atoms with Crippen LogP contribution >= 0.6 is 11.6 Å². The highest BCUT2D eigenvalue weighted by molar-refractivity contribution is 6.32. The van der Waals surface area contributed by atoms with E-state index < -0.39 is 11.7 Å². The quantitative estimate of drug-likeness (QED) is 0.325. The number of benzene rings is 3. The van der Waals surface area contributed by atoms with Gasteiger partial charge in [-0.15, -0.1) is 0 Å². The molecule has 0 aliphatic heterocycles. The van der Waals surface area contributed by atoms with Gasteiger partial charge in [0.05, 0.1) is 12.1 Å². The summed E-state index contributed by atoms with van der Waals surface area (Å²) >= 11 is 6.34. The lowest BCUT2D eigenvalue weighted by Gasteiger charge is -2.14. The van der Waals surface area contributed by atoms with Crippen LogP contribution in [0.5, 0.6) is 11.5 Å². The number of carbonyl (C=O) groups is 2. The number of halogens is 2. The van der Waals surface area contributed by atoms with Gasteiger partial charge in [0.25, 0.3) is 11.8 Å². The third-order valence-corrected chi connectivity index (χ3v) is 4.96. The molecule has 0 radical (unpaired) electrons. The summed E-state index contributed by atoms with van der Waals surface area (Å²) < 4.78 is 24.0. The van der Waals surface area contributed by atoms with Crippen LogP contribution in [0.4, 0.5) is 15.8 Å². The van der Waals surface area contributed by atoms with Crippen molar-refractivity contribution in [3.05, 3.63) is 88.2 Å².